The van der Waals surface area contributed by atoms with Crippen molar-refractivity contribution in [2.45, 2.75) is 33.3 Å². The number of carbonyl (C=O) groups is 1. The van der Waals surface area contributed by atoms with Crippen LogP contribution in [0.2, 0.25) is 0 Å². The van der Waals surface area contributed by atoms with Crippen molar-refractivity contribution in [2.24, 2.45) is 0 Å². The Morgan fingerprint density at radius 2 is 1.83 bits per heavy atom. The number of carbonyl (C=O) groups excluding carboxylic acids is 1. The number of nitrogen functional groups attached to an aromatic ring is 1. The highest BCUT2D eigenvalue weighted by Crippen LogP contribution is 2.24. The maximum absolute atomic E-state index is 11.8. The largest absolute Gasteiger partial charge is 0.487 e. The highest BCUT2D eigenvalue weighted by Gasteiger charge is 2.10. The first kappa shape index (κ1) is 16.9. The second-order valence-corrected chi connectivity index (χ2v) is 5.66. The van der Waals surface area contributed by atoms with Gasteiger partial charge in [0.2, 0.25) is 0 Å². The topological polar surface area (TPSA) is 61.5 Å². The number of hydrogen-bond donors (Lipinski definition) is 1. The number of ether oxygens (including phenoxy) is 2. The molecule has 0 aliphatic carbocycles. The monoisotopic (exact) mass is 313 g/mol. The zero-order valence-electron chi connectivity index (χ0n) is 13.8. The van der Waals surface area contributed by atoms with Crippen molar-refractivity contribution < 1.29 is 14.3 Å². The first-order chi connectivity index (χ1) is 11.0. The Bertz CT molecular complexity index is 663. The van der Waals surface area contributed by atoms with Gasteiger partial charge in [0.25, 0.3) is 0 Å². The molecule has 0 fully saturated rings. The van der Waals surface area contributed by atoms with Crippen molar-refractivity contribution in [2.75, 3.05) is 12.3 Å². The Hall–Kier alpha value is -2.49. The van der Waals surface area contributed by atoms with Crippen LogP contribution in [0.15, 0.2) is 42.5 Å². The Balaban J connectivity index is 2.07. The number of benzene rings is 2. The Morgan fingerprint density at radius 3 is 2.43 bits per heavy atom. The lowest BCUT2D eigenvalue weighted by Gasteiger charge is -2.11. The molecule has 0 bridgehead atoms. The summed E-state index contributed by atoms with van der Waals surface area (Å²) in [7, 11) is 0. The van der Waals surface area contributed by atoms with Gasteiger partial charge in [-0.1, -0.05) is 38.1 Å². The molecule has 0 saturated heterocycles. The summed E-state index contributed by atoms with van der Waals surface area (Å²) in [6, 6.07) is 13.2. The Labute approximate surface area is 137 Å². The fourth-order valence-corrected chi connectivity index (χ4v) is 2.16. The van der Waals surface area contributed by atoms with Crippen molar-refractivity contribution in [1.29, 1.82) is 0 Å². The number of rotatable bonds is 6. The van der Waals surface area contributed by atoms with Gasteiger partial charge < -0.3 is 15.2 Å². The summed E-state index contributed by atoms with van der Waals surface area (Å²) in [4.78, 5) is 11.8. The molecule has 0 aromatic heterocycles. The first-order valence-electron chi connectivity index (χ1n) is 7.79. The maximum atomic E-state index is 11.8. The van der Waals surface area contributed by atoms with Gasteiger partial charge in [-0.15, -0.1) is 0 Å². The zero-order valence-corrected chi connectivity index (χ0v) is 13.8. The van der Waals surface area contributed by atoms with Gasteiger partial charge in [0.1, 0.15) is 12.4 Å². The molecule has 2 aromatic carbocycles. The van der Waals surface area contributed by atoms with Gasteiger partial charge in [-0.05, 0) is 42.2 Å². The molecule has 0 heterocycles. The third-order valence-corrected chi connectivity index (χ3v) is 3.57. The summed E-state index contributed by atoms with van der Waals surface area (Å²) in [5.74, 6) is 0.615. The molecular formula is C19H23NO3. The van der Waals surface area contributed by atoms with Gasteiger partial charge >= 0.3 is 5.97 Å². The van der Waals surface area contributed by atoms with E-state index in [1.165, 1.54) is 5.56 Å². The molecule has 0 aliphatic heterocycles. The number of nitrogens with two attached hydrogens (primary N) is 1. The minimum Gasteiger partial charge on any atom is -0.487 e. The molecule has 0 radical (unpaired) electrons. The summed E-state index contributed by atoms with van der Waals surface area (Å²) >= 11 is 0. The SMILES string of the molecule is CCOC(=O)c1ccc(N)c(OCc2ccc(C(C)C)cc2)c1. The van der Waals surface area contributed by atoms with Gasteiger partial charge in [-0.25, -0.2) is 4.79 Å². The number of anilines is 1. The lowest BCUT2D eigenvalue weighted by Crippen LogP contribution is -2.06. The number of esters is 1. The smallest absolute Gasteiger partial charge is 0.338 e. The lowest BCUT2D eigenvalue weighted by molar-refractivity contribution is 0.0526. The van der Waals surface area contributed by atoms with Crippen molar-refractivity contribution in [1.82, 2.24) is 0 Å². The molecule has 0 unspecified atom stereocenters. The average molecular weight is 313 g/mol. The van der Waals surface area contributed by atoms with Crippen LogP contribution in [0, 0.1) is 0 Å². The maximum Gasteiger partial charge on any atom is 0.338 e. The molecule has 0 aliphatic rings. The molecule has 23 heavy (non-hydrogen) atoms. The molecule has 122 valence electrons. The van der Waals surface area contributed by atoms with Crippen molar-refractivity contribution in [3.05, 3.63) is 59.2 Å². The minimum atomic E-state index is -0.376. The molecule has 0 amide bonds. The molecule has 2 aromatic rings. The van der Waals surface area contributed by atoms with E-state index in [0.717, 1.165) is 5.56 Å². The van der Waals surface area contributed by atoms with E-state index in [2.05, 4.69) is 26.0 Å². The molecular weight excluding hydrogens is 290 g/mol. The second-order valence-electron chi connectivity index (χ2n) is 5.66. The van der Waals surface area contributed by atoms with Gasteiger partial charge in [0.15, 0.2) is 0 Å². The van der Waals surface area contributed by atoms with Crippen LogP contribution in [0.25, 0.3) is 0 Å². The quantitative estimate of drug-likeness (QED) is 0.643. The van der Waals surface area contributed by atoms with Crippen molar-refractivity contribution in [3.8, 4) is 5.75 Å². The summed E-state index contributed by atoms with van der Waals surface area (Å²) in [5.41, 5.74) is 9.19. The molecule has 4 nitrogen and oxygen atoms in total. The van der Waals surface area contributed by atoms with Gasteiger partial charge in [-0.2, -0.15) is 0 Å². The Kier molecular flexibility index (Phi) is 5.63. The summed E-state index contributed by atoms with van der Waals surface area (Å²) in [6.45, 7) is 6.82. The van der Waals surface area contributed by atoms with Crippen LogP contribution in [0.3, 0.4) is 0 Å². The van der Waals surface area contributed by atoms with E-state index < -0.39 is 0 Å². The van der Waals surface area contributed by atoms with Crippen LogP contribution in [0.5, 0.6) is 5.75 Å². The molecule has 4 heteroatoms. The number of hydrogen-bond acceptors (Lipinski definition) is 4. The van der Waals surface area contributed by atoms with E-state index in [0.29, 0.717) is 36.1 Å². The van der Waals surface area contributed by atoms with E-state index in [9.17, 15) is 4.79 Å². The third-order valence-electron chi connectivity index (χ3n) is 3.57. The van der Waals surface area contributed by atoms with E-state index in [1.807, 2.05) is 12.1 Å². The van der Waals surface area contributed by atoms with E-state index in [1.54, 1.807) is 25.1 Å². The Morgan fingerprint density at radius 1 is 1.13 bits per heavy atom. The van der Waals surface area contributed by atoms with Crippen LogP contribution < -0.4 is 10.5 Å². The third kappa shape index (κ3) is 4.49. The van der Waals surface area contributed by atoms with Crippen LogP contribution in [-0.4, -0.2) is 12.6 Å². The van der Waals surface area contributed by atoms with E-state index >= 15 is 0 Å². The molecule has 2 N–H and O–H groups in total. The van der Waals surface area contributed by atoms with Gasteiger partial charge in [-0.3, -0.25) is 0 Å². The zero-order chi connectivity index (χ0) is 16.8. The molecule has 2 rings (SSSR count). The predicted molar refractivity (Wildman–Crippen MR) is 91.7 cm³/mol. The van der Waals surface area contributed by atoms with E-state index in [4.69, 9.17) is 15.2 Å². The minimum absolute atomic E-state index is 0.335. The normalized spacial score (nSPS) is 10.6. The fourth-order valence-electron chi connectivity index (χ4n) is 2.16. The summed E-state index contributed by atoms with van der Waals surface area (Å²) < 4.78 is 10.7. The lowest BCUT2D eigenvalue weighted by atomic mass is 10.0. The first-order valence-corrected chi connectivity index (χ1v) is 7.79. The molecule has 0 atom stereocenters. The van der Waals surface area contributed by atoms with Crippen LogP contribution >= 0.6 is 0 Å². The van der Waals surface area contributed by atoms with E-state index in [-0.39, 0.29) is 5.97 Å². The van der Waals surface area contributed by atoms with Crippen LogP contribution in [-0.2, 0) is 11.3 Å². The highest BCUT2D eigenvalue weighted by molar-refractivity contribution is 5.90. The summed E-state index contributed by atoms with van der Waals surface area (Å²) in [5, 5.41) is 0. The van der Waals surface area contributed by atoms with Crippen molar-refractivity contribution in [3.63, 3.8) is 0 Å². The van der Waals surface area contributed by atoms with Gasteiger partial charge in [0, 0.05) is 0 Å². The fraction of sp³-hybridized carbons (Fsp3) is 0.316. The standard InChI is InChI=1S/C19H23NO3/c1-4-22-19(21)16-9-10-17(20)18(11-16)23-12-14-5-7-15(8-6-14)13(2)3/h5-11,13H,4,12,20H2,1-3H3. The van der Waals surface area contributed by atoms with Crippen LogP contribution in [0.4, 0.5) is 5.69 Å². The van der Waals surface area contributed by atoms with Crippen LogP contribution in [0.1, 0.15) is 48.2 Å². The second kappa shape index (κ2) is 7.68. The van der Waals surface area contributed by atoms with Crippen molar-refractivity contribution >= 4 is 11.7 Å². The molecule has 0 spiro atoms. The predicted octanol–water partition coefficient (Wildman–Crippen LogP) is 4.15. The highest BCUT2D eigenvalue weighted by atomic mass is 16.5. The van der Waals surface area contributed by atoms with Gasteiger partial charge in [0.05, 0.1) is 17.9 Å². The summed E-state index contributed by atoms with van der Waals surface area (Å²) in [6.07, 6.45) is 0. The molecule has 0 saturated carbocycles. The average Bonchev–Trinajstić information content (AvgIpc) is 2.54.